The second kappa shape index (κ2) is 5.43. The van der Waals surface area contributed by atoms with Crippen molar-refractivity contribution in [2.45, 2.75) is 0 Å². The number of para-hydroxylation sites is 3. The van der Waals surface area contributed by atoms with Crippen LogP contribution in [0.5, 0.6) is 5.75 Å². The van der Waals surface area contributed by atoms with Crippen LogP contribution >= 0.6 is 0 Å². The minimum Gasteiger partial charge on any atom is -0.505 e. The summed E-state index contributed by atoms with van der Waals surface area (Å²) in [5.74, 6) is -0.0970. The third-order valence-corrected chi connectivity index (χ3v) is 4.68. The van der Waals surface area contributed by atoms with Gasteiger partial charge in [-0.2, -0.15) is 0 Å². The predicted octanol–water partition coefficient (Wildman–Crippen LogP) is 4.65. The molecule has 4 heteroatoms. The molecule has 0 spiro atoms. The van der Waals surface area contributed by atoms with E-state index >= 15 is 0 Å². The monoisotopic (exact) mass is 338 g/mol. The molecule has 0 amide bonds. The number of aromatic nitrogens is 1. The highest BCUT2D eigenvalue weighted by Gasteiger charge is 2.31. The van der Waals surface area contributed by atoms with Crippen molar-refractivity contribution in [1.82, 2.24) is 4.57 Å². The fourth-order valence-corrected chi connectivity index (χ4v) is 3.51. The number of rotatable bonds is 2. The van der Waals surface area contributed by atoms with Crippen molar-refractivity contribution >= 4 is 28.1 Å². The lowest BCUT2D eigenvalue weighted by atomic mass is 10.1. The van der Waals surface area contributed by atoms with E-state index in [-0.39, 0.29) is 17.2 Å². The first-order valence-electron chi connectivity index (χ1n) is 8.36. The molecule has 26 heavy (non-hydrogen) atoms. The molecule has 124 valence electrons. The largest absolute Gasteiger partial charge is 0.505 e. The number of nitrogens with zero attached hydrogens (tertiary/aromatic N) is 2. The second-order valence-corrected chi connectivity index (χ2v) is 6.19. The van der Waals surface area contributed by atoms with E-state index in [2.05, 4.69) is 4.99 Å². The van der Waals surface area contributed by atoms with Gasteiger partial charge in [0.15, 0.2) is 5.75 Å². The summed E-state index contributed by atoms with van der Waals surface area (Å²) >= 11 is 0. The lowest BCUT2D eigenvalue weighted by Gasteiger charge is -2.10. The van der Waals surface area contributed by atoms with E-state index in [0.717, 1.165) is 11.2 Å². The van der Waals surface area contributed by atoms with Gasteiger partial charge in [-0.1, -0.05) is 42.5 Å². The Kier molecular flexibility index (Phi) is 3.06. The van der Waals surface area contributed by atoms with Crippen LogP contribution in [0.15, 0.2) is 83.9 Å². The standard InChI is InChI=1S/C22H14N2O2/c25-21-15-10-4-6-12-17(15)23-19(21)20-22(26)16-11-5-7-13-18(16)24(20)14-8-2-1-3-9-14/h1-13,26H. The Morgan fingerprint density at radius 2 is 1.50 bits per heavy atom. The Balaban J connectivity index is 1.85. The van der Waals surface area contributed by atoms with Crippen molar-refractivity contribution in [2.75, 3.05) is 0 Å². The van der Waals surface area contributed by atoms with E-state index in [9.17, 15) is 9.90 Å². The third kappa shape index (κ3) is 1.96. The van der Waals surface area contributed by atoms with Gasteiger partial charge < -0.3 is 9.67 Å². The van der Waals surface area contributed by atoms with Crippen molar-refractivity contribution < 1.29 is 9.90 Å². The summed E-state index contributed by atoms with van der Waals surface area (Å²) in [6.45, 7) is 0. The van der Waals surface area contributed by atoms with E-state index in [4.69, 9.17) is 0 Å². The molecule has 5 rings (SSSR count). The molecule has 0 bridgehead atoms. The van der Waals surface area contributed by atoms with Gasteiger partial charge in [-0.3, -0.25) is 4.79 Å². The molecule has 2 heterocycles. The number of hydrogen-bond acceptors (Lipinski definition) is 3. The van der Waals surface area contributed by atoms with Crippen LogP contribution in [0.3, 0.4) is 0 Å². The van der Waals surface area contributed by atoms with Gasteiger partial charge in [0, 0.05) is 16.6 Å². The Morgan fingerprint density at radius 1 is 0.808 bits per heavy atom. The van der Waals surface area contributed by atoms with Crippen LogP contribution in [0.1, 0.15) is 16.1 Å². The lowest BCUT2D eigenvalue weighted by molar-refractivity contribution is 0.106. The number of carbonyl (C=O) groups is 1. The maximum atomic E-state index is 13.0. The SMILES string of the molecule is O=C1C(c2c(O)c3ccccc3n2-c2ccccc2)=Nc2ccccc21. The summed E-state index contributed by atoms with van der Waals surface area (Å²) < 4.78 is 1.90. The van der Waals surface area contributed by atoms with Gasteiger partial charge in [0.25, 0.3) is 0 Å². The van der Waals surface area contributed by atoms with Crippen LogP contribution in [0, 0.1) is 0 Å². The normalized spacial score (nSPS) is 13.1. The Morgan fingerprint density at radius 3 is 2.31 bits per heavy atom. The van der Waals surface area contributed by atoms with E-state index < -0.39 is 0 Å². The van der Waals surface area contributed by atoms with E-state index in [1.54, 1.807) is 6.07 Å². The molecule has 4 aromatic rings. The van der Waals surface area contributed by atoms with E-state index in [0.29, 0.717) is 22.3 Å². The highest BCUT2D eigenvalue weighted by atomic mass is 16.3. The minimum absolute atomic E-state index is 0.0735. The average Bonchev–Trinajstić information content (AvgIpc) is 3.17. The molecule has 1 aromatic heterocycles. The first kappa shape index (κ1) is 14.7. The van der Waals surface area contributed by atoms with Crippen molar-refractivity contribution in [2.24, 2.45) is 4.99 Å². The number of aromatic hydroxyl groups is 1. The maximum Gasteiger partial charge on any atom is 0.215 e. The molecule has 1 aliphatic heterocycles. The smallest absolute Gasteiger partial charge is 0.215 e. The number of ketones is 1. The zero-order chi connectivity index (χ0) is 17.7. The fraction of sp³-hybridized carbons (Fsp3) is 0. The number of carbonyl (C=O) groups excluding carboxylic acids is 1. The second-order valence-electron chi connectivity index (χ2n) is 6.19. The molecule has 0 atom stereocenters. The van der Waals surface area contributed by atoms with Crippen molar-refractivity contribution in [3.63, 3.8) is 0 Å². The highest BCUT2D eigenvalue weighted by molar-refractivity contribution is 6.55. The summed E-state index contributed by atoms with van der Waals surface area (Å²) in [5, 5.41) is 11.6. The van der Waals surface area contributed by atoms with Crippen LogP contribution in [0.4, 0.5) is 5.69 Å². The quantitative estimate of drug-likeness (QED) is 0.578. The van der Waals surface area contributed by atoms with Gasteiger partial charge in [-0.15, -0.1) is 0 Å². The third-order valence-electron chi connectivity index (χ3n) is 4.68. The van der Waals surface area contributed by atoms with Gasteiger partial charge >= 0.3 is 0 Å². The van der Waals surface area contributed by atoms with Crippen molar-refractivity contribution in [3.8, 4) is 11.4 Å². The van der Waals surface area contributed by atoms with Crippen LogP contribution in [-0.2, 0) is 0 Å². The number of Topliss-reactive ketones (excluding diaryl/α,β-unsaturated/α-hetero) is 1. The van der Waals surface area contributed by atoms with Gasteiger partial charge in [-0.25, -0.2) is 4.99 Å². The summed E-state index contributed by atoms with van der Waals surface area (Å²) in [5.41, 5.74) is 3.59. The first-order valence-corrected chi connectivity index (χ1v) is 8.36. The van der Waals surface area contributed by atoms with Gasteiger partial charge in [0.05, 0.1) is 11.2 Å². The molecule has 0 saturated heterocycles. The molecule has 4 nitrogen and oxygen atoms in total. The number of fused-ring (bicyclic) bond motifs is 2. The summed E-state index contributed by atoms with van der Waals surface area (Å²) in [4.78, 5) is 17.5. The molecule has 0 radical (unpaired) electrons. The molecule has 1 aliphatic rings. The molecule has 0 aliphatic carbocycles. The Hall–Kier alpha value is -3.66. The van der Waals surface area contributed by atoms with E-state index in [1.807, 2.05) is 77.4 Å². The van der Waals surface area contributed by atoms with Gasteiger partial charge in [-0.05, 0) is 36.4 Å². The molecule has 0 saturated carbocycles. The average molecular weight is 338 g/mol. The highest BCUT2D eigenvalue weighted by Crippen LogP contribution is 2.38. The zero-order valence-electron chi connectivity index (χ0n) is 13.8. The van der Waals surface area contributed by atoms with Crippen LogP contribution in [-0.4, -0.2) is 21.2 Å². The number of aliphatic imine (C=N–C) groups is 1. The summed E-state index contributed by atoms with van der Waals surface area (Å²) in [6.07, 6.45) is 0. The molecule has 1 N–H and O–H groups in total. The number of hydrogen-bond donors (Lipinski definition) is 1. The maximum absolute atomic E-state index is 13.0. The van der Waals surface area contributed by atoms with E-state index in [1.165, 1.54) is 0 Å². The van der Waals surface area contributed by atoms with Gasteiger partial charge in [0.2, 0.25) is 5.78 Å². The van der Waals surface area contributed by atoms with Crippen LogP contribution in [0.2, 0.25) is 0 Å². The Bertz CT molecular complexity index is 1200. The topological polar surface area (TPSA) is 54.6 Å². The fourth-order valence-electron chi connectivity index (χ4n) is 3.51. The molecule has 0 fully saturated rings. The van der Waals surface area contributed by atoms with Crippen LogP contribution < -0.4 is 0 Å². The zero-order valence-corrected chi connectivity index (χ0v) is 13.8. The number of benzene rings is 3. The Labute approximate surface area is 149 Å². The minimum atomic E-state index is -0.170. The molecular weight excluding hydrogens is 324 g/mol. The van der Waals surface area contributed by atoms with Crippen molar-refractivity contribution in [3.05, 3.63) is 90.1 Å². The van der Waals surface area contributed by atoms with Crippen LogP contribution in [0.25, 0.3) is 16.6 Å². The first-order chi connectivity index (χ1) is 12.8. The molecule has 0 unspecified atom stereocenters. The van der Waals surface area contributed by atoms with Gasteiger partial charge in [0.1, 0.15) is 11.4 Å². The summed E-state index contributed by atoms with van der Waals surface area (Å²) in [7, 11) is 0. The predicted molar refractivity (Wildman–Crippen MR) is 102 cm³/mol. The molecular formula is C22H14N2O2. The lowest BCUT2D eigenvalue weighted by Crippen LogP contribution is -2.15. The summed E-state index contributed by atoms with van der Waals surface area (Å²) in [6, 6.07) is 24.5. The van der Waals surface area contributed by atoms with Crippen molar-refractivity contribution in [1.29, 1.82) is 0 Å². The molecule has 3 aromatic carbocycles.